The summed E-state index contributed by atoms with van der Waals surface area (Å²) in [6.07, 6.45) is -0.994. The zero-order chi connectivity index (χ0) is 21.8. The van der Waals surface area contributed by atoms with Gasteiger partial charge in [-0.25, -0.2) is 9.48 Å². The molecule has 0 saturated carbocycles. The molecule has 0 radical (unpaired) electrons. The lowest BCUT2D eigenvalue weighted by molar-refractivity contribution is -0.126. The summed E-state index contributed by atoms with van der Waals surface area (Å²) in [6.45, 7) is 1.54. The van der Waals surface area contributed by atoms with Crippen molar-refractivity contribution in [3.8, 4) is 16.4 Å². The van der Waals surface area contributed by atoms with E-state index in [0.29, 0.717) is 11.5 Å². The number of esters is 1. The molecule has 1 atom stereocenters. The van der Waals surface area contributed by atoms with E-state index in [1.165, 1.54) is 23.2 Å². The number of para-hydroxylation sites is 2. The number of likely N-dealkylation sites (N-methyl/N-ethyl adjacent to an activating group) is 1. The molecular formula is C23H20N4O3S. The Morgan fingerprint density at radius 2 is 1.68 bits per heavy atom. The van der Waals surface area contributed by atoms with Crippen LogP contribution in [0.4, 0.5) is 5.69 Å². The lowest BCUT2D eigenvalue weighted by Gasteiger charge is -2.21. The molecule has 0 aliphatic carbocycles. The first kappa shape index (κ1) is 20.5. The maximum atomic E-state index is 12.8. The van der Waals surface area contributed by atoms with Crippen molar-refractivity contribution in [3.05, 3.63) is 84.0 Å². The Morgan fingerprint density at radius 1 is 1.00 bits per heavy atom. The molecule has 0 N–H and O–H groups in total. The number of thiophene rings is 1. The van der Waals surface area contributed by atoms with Crippen LogP contribution in [0, 0.1) is 0 Å². The van der Waals surface area contributed by atoms with Crippen molar-refractivity contribution in [3.63, 3.8) is 0 Å². The Bertz CT molecular complexity index is 1170. The Morgan fingerprint density at radius 3 is 2.32 bits per heavy atom. The molecule has 0 aliphatic rings. The van der Waals surface area contributed by atoms with E-state index in [1.807, 2.05) is 78.2 Å². The van der Waals surface area contributed by atoms with Gasteiger partial charge in [0, 0.05) is 12.7 Å². The van der Waals surface area contributed by atoms with Gasteiger partial charge in [-0.05, 0) is 42.6 Å². The van der Waals surface area contributed by atoms with E-state index in [4.69, 9.17) is 4.74 Å². The predicted octanol–water partition coefficient (Wildman–Crippen LogP) is 4.20. The number of benzene rings is 2. The molecule has 8 heteroatoms. The normalized spacial score (nSPS) is 11.7. The van der Waals surface area contributed by atoms with Crippen LogP contribution in [-0.4, -0.2) is 39.8 Å². The van der Waals surface area contributed by atoms with E-state index in [-0.39, 0.29) is 11.7 Å². The number of hydrogen-bond donors (Lipinski definition) is 0. The Balaban J connectivity index is 1.57. The van der Waals surface area contributed by atoms with Gasteiger partial charge in [-0.3, -0.25) is 4.79 Å². The first-order valence-corrected chi connectivity index (χ1v) is 10.5. The number of anilines is 1. The van der Waals surface area contributed by atoms with Crippen molar-refractivity contribution < 1.29 is 14.3 Å². The Labute approximate surface area is 183 Å². The van der Waals surface area contributed by atoms with Crippen molar-refractivity contribution in [2.45, 2.75) is 13.0 Å². The number of ether oxygens (including phenoxy) is 1. The maximum Gasteiger partial charge on any atom is 0.379 e. The van der Waals surface area contributed by atoms with Gasteiger partial charge in [-0.2, -0.15) is 4.98 Å². The van der Waals surface area contributed by atoms with Crippen LogP contribution in [0.25, 0.3) is 16.4 Å². The van der Waals surface area contributed by atoms with Crippen molar-refractivity contribution in [2.24, 2.45) is 0 Å². The van der Waals surface area contributed by atoms with Crippen LogP contribution >= 0.6 is 11.3 Å². The molecule has 0 aliphatic heterocycles. The SMILES string of the molecule is CC(OC(=O)c1nc(-c2cccs2)n(-c2ccccc2)n1)C(=O)N(C)c1ccccc1. The summed E-state index contributed by atoms with van der Waals surface area (Å²) >= 11 is 1.49. The van der Waals surface area contributed by atoms with Crippen LogP contribution in [0.3, 0.4) is 0 Å². The molecule has 31 heavy (non-hydrogen) atoms. The van der Waals surface area contributed by atoms with Crippen LogP contribution < -0.4 is 4.90 Å². The molecule has 4 aromatic rings. The molecule has 0 fully saturated rings. The zero-order valence-electron chi connectivity index (χ0n) is 17.0. The third-order valence-electron chi connectivity index (χ3n) is 4.64. The summed E-state index contributed by atoms with van der Waals surface area (Å²) in [5.41, 5.74) is 1.48. The first-order valence-electron chi connectivity index (χ1n) is 9.64. The van der Waals surface area contributed by atoms with Crippen LogP contribution in [-0.2, 0) is 9.53 Å². The van der Waals surface area contributed by atoms with Crippen molar-refractivity contribution in [1.82, 2.24) is 14.8 Å². The van der Waals surface area contributed by atoms with Gasteiger partial charge in [0.1, 0.15) is 0 Å². The number of rotatable bonds is 6. The third kappa shape index (κ3) is 4.39. The second kappa shape index (κ2) is 8.93. The van der Waals surface area contributed by atoms with Crippen molar-refractivity contribution >= 4 is 28.9 Å². The monoisotopic (exact) mass is 432 g/mol. The number of carbonyl (C=O) groups is 2. The van der Waals surface area contributed by atoms with Crippen LogP contribution in [0.1, 0.15) is 17.5 Å². The molecule has 1 unspecified atom stereocenters. The highest BCUT2D eigenvalue weighted by Crippen LogP contribution is 2.26. The number of amides is 1. The summed E-state index contributed by atoms with van der Waals surface area (Å²) in [7, 11) is 1.64. The van der Waals surface area contributed by atoms with E-state index < -0.39 is 12.1 Å². The highest BCUT2D eigenvalue weighted by molar-refractivity contribution is 7.13. The van der Waals surface area contributed by atoms with E-state index in [9.17, 15) is 9.59 Å². The van der Waals surface area contributed by atoms with Gasteiger partial charge in [0.2, 0.25) is 0 Å². The van der Waals surface area contributed by atoms with Crippen LogP contribution in [0.15, 0.2) is 78.2 Å². The van der Waals surface area contributed by atoms with Gasteiger partial charge in [0.25, 0.3) is 11.7 Å². The summed E-state index contributed by atoms with van der Waals surface area (Å²) < 4.78 is 7.00. The summed E-state index contributed by atoms with van der Waals surface area (Å²) in [5, 5.41) is 6.29. The summed E-state index contributed by atoms with van der Waals surface area (Å²) in [4.78, 5) is 32.2. The molecule has 2 aromatic heterocycles. The standard InChI is InChI=1S/C23H20N4O3S/c1-16(22(28)26(2)17-10-5-3-6-11-17)30-23(29)20-24-21(19-14-9-15-31-19)27(25-20)18-12-7-4-8-13-18/h3-16H,1-2H3. The van der Waals surface area contributed by atoms with E-state index in [1.54, 1.807) is 11.7 Å². The second-order valence-electron chi connectivity index (χ2n) is 6.76. The molecule has 2 aromatic carbocycles. The molecule has 7 nitrogen and oxygen atoms in total. The summed E-state index contributed by atoms with van der Waals surface area (Å²) in [6, 6.07) is 22.4. The van der Waals surface area contributed by atoms with Gasteiger partial charge < -0.3 is 9.64 Å². The minimum absolute atomic E-state index is 0.103. The predicted molar refractivity (Wildman–Crippen MR) is 119 cm³/mol. The Kier molecular flexibility index (Phi) is 5.90. The number of carbonyl (C=O) groups excluding carboxylic acids is 2. The third-order valence-corrected chi connectivity index (χ3v) is 5.50. The molecular weight excluding hydrogens is 412 g/mol. The number of aromatic nitrogens is 3. The highest BCUT2D eigenvalue weighted by Gasteiger charge is 2.26. The van der Waals surface area contributed by atoms with Gasteiger partial charge >= 0.3 is 5.97 Å². The molecule has 2 heterocycles. The average Bonchev–Trinajstić information content (AvgIpc) is 3.49. The van der Waals surface area contributed by atoms with Gasteiger partial charge in [-0.1, -0.05) is 42.5 Å². The molecule has 0 saturated heterocycles. The molecule has 0 bridgehead atoms. The molecule has 1 amide bonds. The van der Waals surface area contributed by atoms with Gasteiger partial charge in [0.05, 0.1) is 10.6 Å². The van der Waals surface area contributed by atoms with Gasteiger partial charge in [-0.15, -0.1) is 16.4 Å². The molecule has 156 valence electrons. The van der Waals surface area contributed by atoms with E-state index >= 15 is 0 Å². The lowest BCUT2D eigenvalue weighted by Crippen LogP contribution is -2.37. The fourth-order valence-corrected chi connectivity index (χ4v) is 3.73. The largest absolute Gasteiger partial charge is 0.447 e. The smallest absolute Gasteiger partial charge is 0.379 e. The zero-order valence-corrected chi connectivity index (χ0v) is 17.8. The van der Waals surface area contributed by atoms with Crippen LogP contribution in [0.5, 0.6) is 0 Å². The lowest BCUT2D eigenvalue weighted by atomic mass is 10.2. The number of hydrogen-bond acceptors (Lipinski definition) is 6. The van der Waals surface area contributed by atoms with Crippen molar-refractivity contribution in [2.75, 3.05) is 11.9 Å². The first-order chi connectivity index (χ1) is 15.0. The quantitative estimate of drug-likeness (QED) is 0.427. The minimum atomic E-state index is -0.994. The molecule has 0 spiro atoms. The Hall–Kier alpha value is -3.78. The molecule has 4 rings (SSSR count). The van der Waals surface area contributed by atoms with E-state index in [0.717, 1.165) is 10.6 Å². The fraction of sp³-hybridized carbons (Fsp3) is 0.130. The minimum Gasteiger partial charge on any atom is -0.447 e. The average molecular weight is 433 g/mol. The van der Waals surface area contributed by atoms with Crippen LogP contribution in [0.2, 0.25) is 0 Å². The fourth-order valence-electron chi connectivity index (χ4n) is 3.03. The van der Waals surface area contributed by atoms with Gasteiger partial charge in [0.15, 0.2) is 11.9 Å². The summed E-state index contributed by atoms with van der Waals surface area (Å²) in [5.74, 6) is -0.668. The van der Waals surface area contributed by atoms with E-state index in [2.05, 4.69) is 10.1 Å². The number of nitrogens with zero attached hydrogens (tertiary/aromatic N) is 4. The second-order valence-corrected chi connectivity index (χ2v) is 7.71. The highest BCUT2D eigenvalue weighted by atomic mass is 32.1. The topological polar surface area (TPSA) is 77.3 Å². The maximum absolute atomic E-state index is 12.8. The van der Waals surface area contributed by atoms with Crippen molar-refractivity contribution in [1.29, 1.82) is 0 Å².